The van der Waals surface area contributed by atoms with Crippen molar-refractivity contribution in [3.8, 4) is 0 Å². The first-order chi connectivity index (χ1) is 20.4. The predicted octanol–water partition coefficient (Wildman–Crippen LogP) is 8.26. The predicted molar refractivity (Wildman–Crippen MR) is 171 cm³/mol. The fraction of sp³-hybridized carbons (Fsp3) is 0.861. The second-order valence-electron chi connectivity index (χ2n) is 12.9. The maximum Gasteiger partial charge on any atom is 0.334 e. The first kappa shape index (κ1) is 37.0. The Balaban J connectivity index is 1.39. The van der Waals surface area contributed by atoms with Crippen molar-refractivity contribution in [1.29, 1.82) is 0 Å². The molecular weight excluding hydrogens is 528 g/mol. The zero-order valence-corrected chi connectivity index (χ0v) is 27.0. The summed E-state index contributed by atoms with van der Waals surface area (Å²) in [4.78, 5) is 11.6. The lowest BCUT2D eigenvalue weighted by Crippen LogP contribution is -2.30. The van der Waals surface area contributed by atoms with Crippen LogP contribution in [-0.4, -0.2) is 57.9 Å². The van der Waals surface area contributed by atoms with Crippen molar-refractivity contribution in [3.05, 3.63) is 23.8 Å². The number of allylic oxidation sites excluding steroid dienone is 2. The molecule has 1 fully saturated rings. The Bertz CT molecular complexity index is 749. The fourth-order valence-corrected chi connectivity index (χ4v) is 6.25. The average molecular weight is 593 g/mol. The van der Waals surface area contributed by atoms with Gasteiger partial charge in [0.25, 0.3) is 0 Å². The van der Waals surface area contributed by atoms with E-state index in [0.29, 0.717) is 18.4 Å². The number of unbranched alkanes of at least 4 members (excludes halogenated alkanes) is 13. The molecule has 1 saturated heterocycles. The summed E-state index contributed by atoms with van der Waals surface area (Å²) in [5.41, 5.74) is 0.705. The Hall–Kier alpha value is -1.21. The Morgan fingerprint density at radius 3 is 1.90 bits per heavy atom. The second-order valence-corrected chi connectivity index (χ2v) is 12.9. The third kappa shape index (κ3) is 16.6. The second kappa shape index (κ2) is 23.2. The molecular formula is C36H64O6. The van der Waals surface area contributed by atoms with Crippen molar-refractivity contribution >= 4 is 5.97 Å². The van der Waals surface area contributed by atoms with E-state index in [1.54, 1.807) is 0 Å². The number of esters is 1. The number of carbonyl (C=O) groups is 1. The summed E-state index contributed by atoms with van der Waals surface area (Å²) >= 11 is 0. The average Bonchev–Trinajstić information content (AvgIpc) is 3.59. The molecule has 0 aromatic rings. The number of aliphatic hydroxyl groups is 3. The van der Waals surface area contributed by atoms with Crippen LogP contribution in [0.25, 0.3) is 0 Å². The molecule has 2 aliphatic rings. The van der Waals surface area contributed by atoms with Crippen LogP contribution in [0.5, 0.6) is 0 Å². The number of hydrogen-bond acceptors (Lipinski definition) is 6. The van der Waals surface area contributed by atoms with Crippen molar-refractivity contribution in [2.45, 2.75) is 198 Å². The molecule has 6 nitrogen and oxygen atoms in total. The summed E-state index contributed by atoms with van der Waals surface area (Å²) in [7, 11) is 0. The highest BCUT2D eigenvalue weighted by Gasteiger charge is 2.33. The van der Waals surface area contributed by atoms with Crippen LogP contribution in [0.15, 0.2) is 23.8 Å². The number of carbonyl (C=O) groups excluding carboxylic acids is 1. The minimum atomic E-state index is -0.446. The van der Waals surface area contributed by atoms with Gasteiger partial charge in [0.2, 0.25) is 0 Å². The van der Waals surface area contributed by atoms with Crippen molar-refractivity contribution in [1.82, 2.24) is 0 Å². The van der Waals surface area contributed by atoms with Crippen molar-refractivity contribution < 1.29 is 29.6 Å². The Morgan fingerprint density at radius 2 is 1.29 bits per heavy atom. The van der Waals surface area contributed by atoms with Crippen molar-refractivity contribution in [2.75, 3.05) is 0 Å². The number of cyclic esters (lactones) is 1. The standard InChI is InChI=1S/C36H64O6/c1-3-4-5-6-7-8-9-10-13-16-19-22-32(38)34-26-27-35(42-34)33(39)23-20-17-14-11-12-15-18-21-31(37)25-24-30-28-29(2)41-36(30)40/h13,16,28-29,31-35,37-39H,3-12,14-15,17-27H2,1-2H3/b16-13-/t29-,31+,32+,33+,34+,35+/m0/s1. The van der Waals surface area contributed by atoms with E-state index in [2.05, 4.69) is 19.1 Å². The van der Waals surface area contributed by atoms with E-state index in [0.717, 1.165) is 70.6 Å². The highest BCUT2D eigenvalue weighted by Crippen LogP contribution is 2.28. The number of hydrogen-bond donors (Lipinski definition) is 3. The number of ether oxygens (including phenoxy) is 2. The van der Waals surface area contributed by atoms with Gasteiger partial charge in [0.05, 0.1) is 30.5 Å². The minimum Gasteiger partial charge on any atom is -0.455 e. The Kier molecular flexibility index (Phi) is 20.4. The van der Waals surface area contributed by atoms with Gasteiger partial charge in [-0.2, -0.15) is 0 Å². The summed E-state index contributed by atoms with van der Waals surface area (Å²) in [5.74, 6) is -0.233. The molecule has 0 aliphatic carbocycles. The van der Waals surface area contributed by atoms with Crippen LogP contribution in [0.1, 0.15) is 162 Å². The van der Waals surface area contributed by atoms with Gasteiger partial charge in [-0.3, -0.25) is 0 Å². The summed E-state index contributed by atoms with van der Waals surface area (Å²) < 4.78 is 11.2. The van der Waals surface area contributed by atoms with E-state index in [1.807, 2.05) is 13.0 Å². The van der Waals surface area contributed by atoms with E-state index in [4.69, 9.17) is 9.47 Å². The Labute approximate surface area is 257 Å². The van der Waals surface area contributed by atoms with Gasteiger partial charge < -0.3 is 24.8 Å². The summed E-state index contributed by atoms with van der Waals surface area (Å²) in [6, 6.07) is 0. The van der Waals surface area contributed by atoms with Gasteiger partial charge in [-0.25, -0.2) is 4.79 Å². The summed E-state index contributed by atoms with van der Waals surface area (Å²) in [6.45, 7) is 4.11. The molecule has 2 aliphatic heterocycles. The van der Waals surface area contributed by atoms with E-state index in [-0.39, 0.29) is 30.4 Å². The molecule has 0 unspecified atom stereocenters. The zero-order valence-electron chi connectivity index (χ0n) is 27.0. The van der Waals surface area contributed by atoms with Gasteiger partial charge in [-0.05, 0) is 77.2 Å². The van der Waals surface area contributed by atoms with Gasteiger partial charge in [-0.15, -0.1) is 0 Å². The number of aliphatic hydroxyl groups excluding tert-OH is 3. The van der Waals surface area contributed by atoms with Crippen molar-refractivity contribution in [3.63, 3.8) is 0 Å². The molecule has 0 saturated carbocycles. The lowest BCUT2D eigenvalue weighted by atomic mass is 10.00. The van der Waals surface area contributed by atoms with E-state index < -0.39 is 12.2 Å². The highest BCUT2D eigenvalue weighted by molar-refractivity contribution is 5.90. The lowest BCUT2D eigenvalue weighted by Gasteiger charge is -2.22. The molecule has 0 spiro atoms. The Morgan fingerprint density at radius 1 is 0.738 bits per heavy atom. The largest absolute Gasteiger partial charge is 0.455 e. The molecule has 42 heavy (non-hydrogen) atoms. The van der Waals surface area contributed by atoms with Crippen LogP contribution in [0.3, 0.4) is 0 Å². The van der Waals surface area contributed by atoms with Gasteiger partial charge in [-0.1, -0.05) is 103 Å². The van der Waals surface area contributed by atoms with Gasteiger partial charge in [0.15, 0.2) is 0 Å². The quantitative estimate of drug-likeness (QED) is 0.0532. The van der Waals surface area contributed by atoms with Crippen LogP contribution < -0.4 is 0 Å². The van der Waals surface area contributed by atoms with E-state index in [1.165, 1.54) is 64.2 Å². The van der Waals surface area contributed by atoms with Crippen molar-refractivity contribution in [2.24, 2.45) is 0 Å². The third-order valence-electron chi connectivity index (χ3n) is 8.99. The molecule has 0 radical (unpaired) electrons. The molecule has 6 atom stereocenters. The SMILES string of the molecule is CCCCCCCCC/C=C\CC[C@@H](O)[C@H]1CC[C@H]([C@H](O)CCCCCCCCC[C@@H](O)CCC2=C[C@H](C)OC2=O)O1. The van der Waals surface area contributed by atoms with Crippen LogP contribution >= 0.6 is 0 Å². The molecule has 0 aromatic heterocycles. The zero-order chi connectivity index (χ0) is 30.4. The molecule has 3 N–H and O–H groups in total. The van der Waals surface area contributed by atoms with Crippen LogP contribution in [0.4, 0.5) is 0 Å². The molecule has 0 bridgehead atoms. The van der Waals surface area contributed by atoms with Gasteiger partial charge in [0, 0.05) is 5.57 Å². The maximum atomic E-state index is 11.6. The maximum absolute atomic E-state index is 11.6. The topological polar surface area (TPSA) is 96.2 Å². The fourth-order valence-electron chi connectivity index (χ4n) is 6.25. The molecule has 244 valence electrons. The van der Waals surface area contributed by atoms with E-state index >= 15 is 0 Å². The lowest BCUT2D eigenvalue weighted by molar-refractivity contribution is -0.139. The molecule has 6 heteroatoms. The first-order valence-electron chi connectivity index (χ1n) is 17.7. The molecule has 2 heterocycles. The first-order valence-corrected chi connectivity index (χ1v) is 17.7. The molecule has 0 aromatic carbocycles. The molecule has 0 amide bonds. The van der Waals surface area contributed by atoms with Crippen LogP contribution in [0, 0.1) is 0 Å². The van der Waals surface area contributed by atoms with Gasteiger partial charge in [0.1, 0.15) is 6.10 Å². The third-order valence-corrected chi connectivity index (χ3v) is 8.99. The molecule has 2 rings (SSSR count). The van der Waals surface area contributed by atoms with Gasteiger partial charge >= 0.3 is 5.97 Å². The van der Waals surface area contributed by atoms with E-state index in [9.17, 15) is 20.1 Å². The highest BCUT2D eigenvalue weighted by atomic mass is 16.5. The normalized spacial score (nSPS) is 22.9. The summed E-state index contributed by atoms with van der Waals surface area (Å²) in [5, 5.41) is 31.4. The monoisotopic (exact) mass is 592 g/mol. The number of rotatable bonds is 26. The van der Waals surface area contributed by atoms with Crippen LogP contribution in [0.2, 0.25) is 0 Å². The summed E-state index contributed by atoms with van der Waals surface area (Å²) in [6.07, 6.45) is 29.1. The van der Waals surface area contributed by atoms with Crippen LogP contribution in [-0.2, 0) is 14.3 Å². The smallest absolute Gasteiger partial charge is 0.334 e. The minimum absolute atomic E-state index is 0.136.